The molecular formula is C19H21N5O2S. The van der Waals surface area contributed by atoms with Crippen LogP contribution in [0.15, 0.2) is 47.6 Å². The molecule has 1 N–H and O–H groups in total. The maximum Gasteiger partial charge on any atom is 0.254 e. The largest absolute Gasteiger partial charge is 0.379 e. The van der Waals surface area contributed by atoms with Gasteiger partial charge in [0, 0.05) is 36.4 Å². The number of nitrogens with zero attached hydrogens (tertiary/aromatic N) is 5. The van der Waals surface area contributed by atoms with Gasteiger partial charge in [-0.15, -0.1) is 11.8 Å². The summed E-state index contributed by atoms with van der Waals surface area (Å²) in [5.74, 6) is 0.563. The number of aliphatic hydroxyl groups is 1. The quantitative estimate of drug-likeness (QED) is 0.698. The van der Waals surface area contributed by atoms with Gasteiger partial charge in [-0.2, -0.15) is 5.10 Å². The van der Waals surface area contributed by atoms with Crippen molar-refractivity contribution in [2.75, 3.05) is 12.8 Å². The van der Waals surface area contributed by atoms with E-state index in [4.69, 9.17) is 0 Å². The van der Waals surface area contributed by atoms with Crippen LogP contribution in [0.1, 0.15) is 33.7 Å². The van der Waals surface area contributed by atoms with Crippen LogP contribution < -0.4 is 0 Å². The van der Waals surface area contributed by atoms with Crippen LogP contribution in [0.2, 0.25) is 0 Å². The van der Waals surface area contributed by atoms with E-state index in [-0.39, 0.29) is 5.91 Å². The lowest BCUT2D eigenvalue weighted by Gasteiger charge is -2.27. The number of carbonyl (C=O) groups is 1. The summed E-state index contributed by atoms with van der Waals surface area (Å²) in [6.45, 7) is 1.68. The number of aromatic nitrogens is 4. The Morgan fingerprint density at radius 3 is 2.70 bits per heavy atom. The first-order valence-corrected chi connectivity index (χ1v) is 9.94. The Hall–Kier alpha value is -2.58. The van der Waals surface area contributed by atoms with Gasteiger partial charge in [0.25, 0.3) is 5.91 Å². The standard InChI is InChI=1S/C19H21N5O2S/c1-22-8-7-20-18(22)17(25)16-11-14-12-23(9-10-24(14)21-16)19(26)13-3-5-15(27-2)6-4-13/h3-8,11,17,25H,9-10,12H2,1-2H3/t17-/m1/s1. The van der Waals surface area contributed by atoms with Crippen molar-refractivity contribution < 1.29 is 9.90 Å². The Kier molecular flexibility index (Phi) is 4.75. The van der Waals surface area contributed by atoms with Gasteiger partial charge in [0.15, 0.2) is 6.10 Å². The number of imidazole rings is 1. The third-order valence-corrected chi connectivity index (χ3v) is 5.57. The number of hydrogen-bond donors (Lipinski definition) is 1. The number of carbonyl (C=O) groups excluding carboxylic acids is 1. The van der Waals surface area contributed by atoms with Crippen LogP contribution in [0.4, 0.5) is 0 Å². The second-order valence-electron chi connectivity index (χ2n) is 6.54. The summed E-state index contributed by atoms with van der Waals surface area (Å²) in [6, 6.07) is 9.53. The number of amides is 1. The number of aliphatic hydroxyl groups excluding tert-OH is 1. The van der Waals surface area contributed by atoms with E-state index in [1.165, 1.54) is 0 Å². The summed E-state index contributed by atoms with van der Waals surface area (Å²) in [7, 11) is 1.84. The lowest BCUT2D eigenvalue weighted by molar-refractivity contribution is 0.0705. The van der Waals surface area contributed by atoms with E-state index in [1.807, 2.05) is 53.2 Å². The molecule has 2 aromatic heterocycles. The minimum atomic E-state index is -0.883. The maximum atomic E-state index is 12.8. The fraction of sp³-hybridized carbons (Fsp3) is 0.316. The molecule has 4 rings (SSSR count). The Balaban J connectivity index is 1.52. The Morgan fingerprint density at radius 2 is 2.04 bits per heavy atom. The van der Waals surface area contributed by atoms with E-state index in [2.05, 4.69) is 10.1 Å². The molecule has 1 aliphatic rings. The van der Waals surface area contributed by atoms with Gasteiger partial charge in [0.2, 0.25) is 0 Å². The number of hydrogen-bond acceptors (Lipinski definition) is 5. The molecule has 140 valence electrons. The normalized spacial score (nSPS) is 14.9. The van der Waals surface area contributed by atoms with Gasteiger partial charge in [-0.1, -0.05) is 0 Å². The van der Waals surface area contributed by atoms with Crippen molar-refractivity contribution in [1.29, 1.82) is 0 Å². The fourth-order valence-electron chi connectivity index (χ4n) is 3.28. The molecular weight excluding hydrogens is 362 g/mol. The van der Waals surface area contributed by atoms with Crippen molar-refractivity contribution in [3.05, 3.63) is 65.5 Å². The van der Waals surface area contributed by atoms with Crippen LogP contribution >= 0.6 is 11.8 Å². The van der Waals surface area contributed by atoms with Crippen molar-refractivity contribution in [3.63, 3.8) is 0 Å². The van der Waals surface area contributed by atoms with Crippen LogP contribution in [0.25, 0.3) is 0 Å². The molecule has 1 atom stereocenters. The Labute approximate surface area is 161 Å². The van der Waals surface area contributed by atoms with E-state index in [0.717, 1.165) is 10.6 Å². The van der Waals surface area contributed by atoms with Gasteiger partial charge in [0.1, 0.15) is 5.82 Å². The lowest BCUT2D eigenvalue weighted by Crippen LogP contribution is -2.38. The molecule has 3 heterocycles. The molecule has 7 nitrogen and oxygen atoms in total. The monoisotopic (exact) mass is 383 g/mol. The number of rotatable bonds is 4. The van der Waals surface area contributed by atoms with Crippen molar-refractivity contribution in [1.82, 2.24) is 24.2 Å². The maximum absolute atomic E-state index is 12.8. The minimum Gasteiger partial charge on any atom is -0.379 e. The third kappa shape index (κ3) is 3.38. The number of benzene rings is 1. The molecule has 1 amide bonds. The zero-order chi connectivity index (χ0) is 19.0. The SMILES string of the molecule is CSc1ccc(C(=O)N2CCn3nc([C@@H](O)c4nccn4C)cc3C2)cc1. The molecule has 0 unspecified atom stereocenters. The van der Waals surface area contributed by atoms with Gasteiger partial charge >= 0.3 is 0 Å². The fourth-order valence-corrected chi connectivity index (χ4v) is 3.69. The lowest BCUT2D eigenvalue weighted by atomic mass is 10.1. The summed E-state index contributed by atoms with van der Waals surface area (Å²) in [5.41, 5.74) is 2.16. The van der Waals surface area contributed by atoms with E-state index in [1.54, 1.807) is 28.7 Å². The molecule has 3 aromatic rings. The highest BCUT2D eigenvalue weighted by molar-refractivity contribution is 7.98. The molecule has 0 spiro atoms. The summed E-state index contributed by atoms with van der Waals surface area (Å²) < 4.78 is 3.64. The Morgan fingerprint density at radius 1 is 1.26 bits per heavy atom. The van der Waals surface area contributed by atoms with E-state index >= 15 is 0 Å². The zero-order valence-electron chi connectivity index (χ0n) is 15.2. The van der Waals surface area contributed by atoms with Crippen molar-refractivity contribution >= 4 is 17.7 Å². The van der Waals surface area contributed by atoms with Crippen LogP contribution in [0, 0.1) is 0 Å². The van der Waals surface area contributed by atoms with Gasteiger partial charge in [-0.25, -0.2) is 4.98 Å². The molecule has 1 aromatic carbocycles. The van der Waals surface area contributed by atoms with Crippen LogP contribution in [0.5, 0.6) is 0 Å². The van der Waals surface area contributed by atoms with Crippen LogP contribution in [0.3, 0.4) is 0 Å². The summed E-state index contributed by atoms with van der Waals surface area (Å²) in [4.78, 5) is 20.0. The van der Waals surface area contributed by atoms with E-state index < -0.39 is 6.10 Å². The Bertz CT molecular complexity index is 963. The third-order valence-electron chi connectivity index (χ3n) is 4.82. The first kappa shape index (κ1) is 17.8. The van der Waals surface area contributed by atoms with Gasteiger partial charge < -0.3 is 14.6 Å². The van der Waals surface area contributed by atoms with Crippen molar-refractivity contribution in [2.24, 2.45) is 7.05 Å². The molecule has 8 heteroatoms. The topological polar surface area (TPSA) is 76.2 Å². The highest BCUT2D eigenvalue weighted by Gasteiger charge is 2.26. The summed E-state index contributed by atoms with van der Waals surface area (Å²) in [5, 5.41) is 15.1. The molecule has 27 heavy (non-hydrogen) atoms. The van der Waals surface area contributed by atoms with E-state index in [0.29, 0.717) is 36.7 Å². The van der Waals surface area contributed by atoms with Crippen molar-refractivity contribution in [2.45, 2.75) is 24.1 Å². The average molecular weight is 383 g/mol. The predicted molar refractivity (Wildman–Crippen MR) is 102 cm³/mol. The minimum absolute atomic E-state index is 0.0151. The molecule has 0 aliphatic carbocycles. The number of aryl methyl sites for hydroxylation is 1. The van der Waals surface area contributed by atoms with Crippen molar-refractivity contribution in [3.8, 4) is 0 Å². The summed E-state index contributed by atoms with van der Waals surface area (Å²) in [6.07, 6.45) is 4.57. The highest BCUT2D eigenvalue weighted by Crippen LogP contribution is 2.23. The number of thioether (sulfide) groups is 1. The highest BCUT2D eigenvalue weighted by atomic mass is 32.2. The molecule has 0 fully saturated rings. The first-order valence-electron chi connectivity index (χ1n) is 8.72. The molecule has 0 radical (unpaired) electrons. The molecule has 0 saturated carbocycles. The molecule has 0 saturated heterocycles. The van der Waals surface area contributed by atoms with Gasteiger partial charge in [0.05, 0.1) is 24.5 Å². The van der Waals surface area contributed by atoms with Gasteiger partial charge in [-0.3, -0.25) is 9.48 Å². The van der Waals surface area contributed by atoms with E-state index in [9.17, 15) is 9.90 Å². The van der Waals surface area contributed by atoms with Crippen LogP contribution in [-0.4, -0.2) is 48.0 Å². The van der Waals surface area contributed by atoms with Gasteiger partial charge in [-0.05, 0) is 36.6 Å². The predicted octanol–water partition coefficient (Wildman–Crippen LogP) is 2.08. The smallest absolute Gasteiger partial charge is 0.254 e. The zero-order valence-corrected chi connectivity index (χ0v) is 16.1. The molecule has 1 aliphatic heterocycles. The first-order chi connectivity index (χ1) is 13.1. The number of fused-ring (bicyclic) bond motifs is 1. The average Bonchev–Trinajstić information content (AvgIpc) is 3.32. The van der Waals surface area contributed by atoms with Crippen LogP contribution in [-0.2, 0) is 20.1 Å². The second-order valence-corrected chi connectivity index (χ2v) is 7.42. The second kappa shape index (κ2) is 7.21. The molecule has 0 bridgehead atoms. The summed E-state index contributed by atoms with van der Waals surface area (Å²) >= 11 is 1.65.